The Labute approximate surface area is 137 Å². The van der Waals surface area contributed by atoms with E-state index < -0.39 is 10.0 Å². The van der Waals surface area contributed by atoms with Crippen LogP contribution in [0.5, 0.6) is 0 Å². The number of aryl methyl sites for hydroxylation is 2. The topological polar surface area (TPSA) is 62.3 Å². The van der Waals surface area contributed by atoms with Crippen molar-refractivity contribution in [3.05, 3.63) is 47.7 Å². The number of hydrogen-bond donors (Lipinski definition) is 1. The van der Waals surface area contributed by atoms with Crippen molar-refractivity contribution in [1.82, 2.24) is 4.98 Å². The molecule has 1 fully saturated rings. The molecule has 0 saturated carbocycles. The fourth-order valence-corrected chi connectivity index (χ4v) is 4.16. The van der Waals surface area contributed by atoms with Gasteiger partial charge in [0, 0.05) is 13.1 Å². The SMILES string of the molecule is Cc1ccc(S(=O)(=O)Nc2ccc(N3CCCC3)nc2)c(C)c1. The molecule has 0 amide bonds. The van der Waals surface area contributed by atoms with Gasteiger partial charge in [0.2, 0.25) is 0 Å². The summed E-state index contributed by atoms with van der Waals surface area (Å²) in [7, 11) is -3.60. The molecule has 3 rings (SSSR count). The summed E-state index contributed by atoms with van der Waals surface area (Å²) in [5.74, 6) is 0.900. The van der Waals surface area contributed by atoms with Crippen LogP contribution in [0.3, 0.4) is 0 Å². The van der Waals surface area contributed by atoms with Crippen LogP contribution in [0.2, 0.25) is 0 Å². The number of nitrogens with one attached hydrogen (secondary N) is 1. The second kappa shape index (κ2) is 6.20. The van der Waals surface area contributed by atoms with Crippen LogP contribution in [0.25, 0.3) is 0 Å². The van der Waals surface area contributed by atoms with Crippen LogP contribution in [-0.4, -0.2) is 26.5 Å². The number of sulfonamides is 1. The van der Waals surface area contributed by atoms with Gasteiger partial charge in [-0.2, -0.15) is 0 Å². The van der Waals surface area contributed by atoms with E-state index >= 15 is 0 Å². The van der Waals surface area contributed by atoms with E-state index in [1.807, 2.05) is 19.1 Å². The molecule has 0 atom stereocenters. The molecule has 2 aromatic rings. The van der Waals surface area contributed by atoms with Crippen molar-refractivity contribution >= 4 is 21.5 Å². The fraction of sp³-hybridized carbons (Fsp3) is 0.353. The quantitative estimate of drug-likeness (QED) is 0.935. The Morgan fingerprint density at radius 3 is 2.43 bits per heavy atom. The van der Waals surface area contributed by atoms with Crippen LogP contribution >= 0.6 is 0 Å². The summed E-state index contributed by atoms with van der Waals surface area (Å²) in [5.41, 5.74) is 2.25. The van der Waals surface area contributed by atoms with Gasteiger partial charge in [0.15, 0.2) is 0 Å². The molecule has 0 bridgehead atoms. The number of aromatic nitrogens is 1. The van der Waals surface area contributed by atoms with Crippen molar-refractivity contribution in [2.75, 3.05) is 22.7 Å². The van der Waals surface area contributed by atoms with Crippen molar-refractivity contribution in [3.63, 3.8) is 0 Å². The van der Waals surface area contributed by atoms with Crippen molar-refractivity contribution in [1.29, 1.82) is 0 Å². The van der Waals surface area contributed by atoms with Crippen LogP contribution in [-0.2, 0) is 10.0 Å². The molecular weight excluding hydrogens is 310 g/mol. The summed E-state index contributed by atoms with van der Waals surface area (Å²) in [5, 5.41) is 0. The summed E-state index contributed by atoms with van der Waals surface area (Å²) in [6.07, 6.45) is 3.94. The largest absolute Gasteiger partial charge is 0.357 e. The van der Waals surface area contributed by atoms with E-state index in [1.165, 1.54) is 12.8 Å². The minimum Gasteiger partial charge on any atom is -0.357 e. The van der Waals surface area contributed by atoms with Crippen molar-refractivity contribution in [2.24, 2.45) is 0 Å². The smallest absolute Gasteiger partial charge is 0.262 e. The second-order valence-corrected chi connectivity index (χ2v) is 7.62. The van der Waals surface area contributed by atoms with Crippen molar-refractivity contribution < 1.29 is 8.42 Å². The zero-order chi connectivity index (χ0) is 16.4. The number of anilines is 2. The Hall–Kier alpha value is -2.08. The lowest BCUT2D eigenvalue weighted by atomic mass is 10.2. The molecule has 0 spiro atoms. The third kappa shape index (κ3) is 3.47. The highest BCUT2D eigenvalue weighted by Gasteiger charge is 2.18. The normalized spacial score (nSPS) is 15.0. The van der Waals surface area contributed by atoms with E-state index in [1.54, 1.807) is 31.3 Å². The van der Waals surface area contributed by atoms with Crippen LogP contribution < -0.4 is 9.62 Å². The summed E-state index contributed by atoms with van der Waals surface area (Å²) in [6.45, 7) is 5.77. The number of rotatable bonds is 4. The Balaban J connectivity index is 1.80. The van der Waals surface area contributed by atoms with E-state index in [0.29, 0.717) is 10.6 Å². The minimum atomic E-state index is -3.60. The molecule has 0 aliphatic carbocycles. The Morgan fingerprint density at radius 2 is 1.83 bits per heavy atom. The first-order valence-electron chi connectivity index (χ1n) is 7.77. The second-order valence-electron chi connectivity index (χ2n) is 5.97. The zero-order valence-electron chi connectivity index (χ0n) is 13.4. The fourth-order valence-electron chi connectivity index (χ4n) is 2.89. The Kier molecular flexibility index (Phi) is 4.26. The van der Waals surface area contributed by atoms with Gasteiger partial charge in [0.25, 0.3) is 10.0 Å². The van der Waals surface area contributed by atoms with Crippen LogP contribution in [0.15, 0.2) is 41.4 Å². The first-order valence-corrected chi connectivity index (χ1v) is 9.25. The van der Waals surface area contributed by atoms with Gasteiger partial charge in [-0.05, 0) is 50.5 Å². The zero-order valence-corrected chi connectivity index (χ0v) is 14.2. The lowest BCUT2D eigenvalue weighted by Crippen LogP contribution is -2.19. The molecule has 1 N–H and O–H groups in total. The van der Waals surface area contributed by atoms with E-state index in [2.05, 4.69) is 14.6 Å². The van der Waals surface area contributed by atoms with Gasteiger partial charge in [-0.1, -0.05) is 17.7 Å². The predicted octanol–water partition coefficient (Wildman–Crippen LogP) is 3.10. The molecule has 0 unspecified atom stereocenters. The monoisotopic (exact) mass is 331 g/mol. The molecule has 23 heavy (non-hydrogen) atoms. The molecule has 1 aliphatic rings. The first-order chi connectivity index (χ1) is 11.0. The molecule has 2 heterocycles. The van der Waals surface area contributed by atoms with E-state index in [0.717, 1.165) is 30.0 Å². The van der Waals surface area contributed by atoms with Gasteiger partial charge in [-0.15, -0.1) is 0 Å². The molecule has 0 radical (unpaired) electrons. The maximum atomic E-state index is 12.5. The summed E-state index contributed by atoms with van der Waals surface area (Å²) in [6, 6.07) is 8.94. The van der Waals surface area contributed by atoms with Crippen LogP contribution in [0.4, 0.5) is 11.5 Å². The highest BCUT2D eigenvalue weighted by atomic mass is 32.2. The molecule has 1 aromatic heterocycles. The molecular formula is C17H21N3O2S. The van der Waals surface area contributed by atoms with Crippen LogP contribution in [0, 0.1) is 13.8 Å². The average molecular weight is 331 g/mol. The highest BCUT2D eigenvalue weighted by molar-refractivity contribution is 7.92. The summed E-state index contributed by atoms with van der Waals surface area (Å²) >= 11 is 0. The van der Waals surface area contributed by atoms with Crippen LogP contribution in [0.1, 0.15) is 24.0 Å². The first kappa shape index (κ1) is 15.8. The lowest BCUT2D eigenvalue weighted by molar-refractivity contribution is 0.600. The highest BCUT2D eigenvalue weighted by Crippen LogP contribution is 2.22. The maximum Gasteiger partial charge on any atom is 0.262 e. The summed E-state index contributed by atoms with van der Waals surface area (Å²) in [4.78, 5) is 6.88. The molecule has 5 nitrogen and oxygen atoms in total. The molecule has 1 aliphatic heterocycles. The van der Waals surface area contributed by atoms with Crippen molar-refractivity contribution in [2.45, 2.75) is 31.6 Å². The van der Waals surface area contributed by atoms with Crippen molar-refractivity contribution in [3.8, 4) is 0 Å². The van der Waals surface area contributed by atoms with E-state index in [4.69, 9.17) is 0 Å². The number of pyridine rings is 1. The third-order valence-electron chi connectivity index (χ3n) is 4.05. The average Bonchev–Trinajstić information content (AvgIpc) is 3.01. The number of hydrogen-bond acceptors (Lipinski definition) is 4. The maximum absolute atomic E-state index is 12.5. The third-order valence-corrected chi connectivity index (χ3v) is 5.59. The Morgan fingerprint density at radius 1 is 1.09 bits per heavy atom. The van der Waals surface area contributed by atoms with Gasteiger partial charge in [-0.25, -0.2) is 13.4 Å². The van der Waals surface area contributed by atoms with E-state index in [-0.39, 0.29) is 0 Å². The molecule has 122 valence electrons. The molecule has 6 heteroatoms. The standard InChI is InChI=1S/C17H21N3O2S/c1-13-5-7-16(14(2)11-13)23(21,22)19-15-6-8-17(18-12-15)20-9-3-4-10-20/h5-8,11-12,19H,3-4,9-10H2,1-2H3. The number of benzene rings is 1. The number of nitrogens with zero attached hydrogens (tertiary/aromatic N) is 2. The van der Waals surface area contributed by atoms with Gasteiger partial charge in [0.1, 0.15) is 5.82 Å². The minimum absolute atomic E-state index is 0.298. The molecule has 1 aromatic carbocycles. The van der Waals surface area contributed by atoms with Gasteiger partial charge >= 0.3 is 0 Å². The van der Waals surface area contributed by atoms with Gasteiger partial charge in [-0.3, -0.25) is 4.72 Å². The predicted molar refractivity (Wildman–Crippen MR) is 92.4 cm³/mol. The lowest BCUT2D eigenvalue weighted by Gasteiger charge is -2.16. The molecule has 1 saturated heterocycles. The Bertz CT molecular complexity index is 795. The van der Waals surface area contributed by atoms with Gasteiger partial charge < -0.3 is 4.90 Å². The summed E-state index contributed by atoms with van der Waals surface area (Å²) < 4.78 is 27.7. The van der Waals surface area contributed by atoms with E-state index in [9.17, 15) is 8.42 Å². The van der Waals surface area contributed by atoms with Gasteiger partial charge in [0.05, 0.1) is 16.8 Å².